The molecule has 0 spiro atoms. The van der Waals surface area contributed by atoms with Gasteiger partial charge in [0.2, 0.25) is 0 Å². The monoisotopic (exact) mass is 1260 g/mol. The Hall–Kier alpha value is -5.17. The highest BCUT2D eigenvalue weighted by Gasteiger charge is 2.49. The van der Waals surface area contributed by atoms with Crippen LogP contribution in [0.2, 0.25) is 23.2 Å². The quantitative estimate of drug-likeness (QED) is 0.0440. The molecule has 5 aromatic rings. The van der Waals surface area contributed by atoms with Crippen molar-refractivity contribution in [1.82, 2.24) is 19.4 Å². The fourth-order valence-corrected chi connectivity index (χ4v) is 13.9. The Bertz CT molecular complexity index is 3260. The maximum Gasteiger partial charge on any atom is 0.501 e. The van der Waals surface area contributed by atoms with Gasteiger partial charge in [-0.2, -0.15) is 13.2 Å². The molecule has 2 fully saturated rings. The maximum absolute atomic E-state index is 14.4. The summed E-state index contributed by atoms with van der Waals surface area (Å²) in [5.41, 5.74) is -2.50. The van der Waals surface area contributed by atoms with Gasteiger partial charge < -0.3 is 34.3 Å². The number of nitrogens with zero attached hydrogens (tertiary/aromatic N) is 4. The number of alkyl halides is 3. The average molecular weight is 1260 g/mol. The van der Waals surface area contributed by atoms with E-state index < -0.39 is 72.8 Å². The zero-order valence-corrected chi connectivity index (χ0v) is 53.5. The number of hydrogen-bond acceptors (Lipinski definition) is 14. The number of aliphatic hydroxyl groups is 1. The molecule has 2 heterocycles. The molecular weight excluding hydrogens is 1180 g/mol. The zero-order valence-electron chi connectivity index (χ0n) is 49.3. The fraction of sp³-hybridized carbons (Fsp3) is 0.475. The van der Waals surface area contributed by atoms with Gasteiger partial charge in [-0.1, -0.05) is 80.9 Å². The number of benzene rings is 5. The number of likely N-dealkylation sites (N-methyl/N-ethyl adjacent to an activating group) is 1. The lowest BCUT2D eigenvalue weighted by molar-refractivity contribution is -0.0436. The van der Waals surface area contributed by atoms with Crippen LogP contribution in [0.1, 0.15) is 88.4 Å². The molecule has 2 aliphatic rings. The van der Waals surface area contributed by atoms with Gasteiger partial charge in [0.1, 0.15) is 10.5 Å². The standard InChI is InChI=1S/C61H80ClF3N6O9S3Si/c1-59(2,3)80-58(74)71-35-33-69(34-36-71)41-43-15-25-52(44-16-20-47(62)21-17-44)53(39-43)56(72)45-27-31-70(32-28-45)49-22-18-46(19-23-49)57(73)67-83(77,78)51-24-26-54(55(40-51)82(75,76)61(63,64)65)66-48(42-81-50-13-11-10-12-14-50)29-30-68(7)37-38-79-84(8,9)60(4,5)6/h10-26,39-40,45,48,56,66,72H,27-38,41-42H2,1-9H3,(H,67,73)/t48-,56+/m1/s1. The van der Waals surface area contributed by atoms with Gasteiger partial charge in [0.15, 0.2) is 8.32 Å². The number of piperidine rings is 1. The first-order valence-electron chi connectivity index (χ1n) is 28.2. The number of rotatable bonds is 22. The number of anilines is 2. The third-order valence-corrected chi connectivity index (χ3v) is 24.6. The minimum absolute atomic E-state index is 0.0166. The SMILES string of the molecule is CN(CCO[Si](C)(C)C(C)(C)C)CC[C@H](CSc1ccccc1)Nc1ccc(S(=O)(=O)NC(=O)c2ccc(N3CCC([C@H](O)c4cc(CN5CCN(C(=O)OC(C)(C)C)CC5)ccc4-c4ccc(Cl)cc4)CC3)cc2)cc1S(=O)(=O)C(F)(F)F. The minimum atomic E-state index is -6.13. The Balaban J connectivity index is 1.01. The predicted octanol–water partition coefficient (Wildman–Crippen LogP) is 12.3. The van der Waals surface area contributed by atoms with Crippen LogP contribution in [0.15, 0.2) is 130 Å². The molecule has 2 aliphatic heterocycles. The normalized spacial score (nSPS) is 16.1. The van der Waals surface area contributed by atoms with Crippen molar-refractivity contribution in [3.63, 3.8) is 0 Å². The fourth-order valence-electron chi connectivity index (χ4n) is 9.74. The van der Waals surface area contributed by atoms with Crippen LogP contribution in [0, 0.1) is 5.92 Å². The van der Waals surface area contributed by atoms with Crippen molar-refractivity contribution in [1.29, 1.82) is 0 Å². The number of thioether (sulfide) groups is 1. The third-order valence-electron chi connectivity index (χ3n) is 15.7. The van der Waals surface area contributed by atoms with E-state index in [9.17, 15) is 44.7 Å². The average Bonchev–Trinajstić information content (AvgIpc) is 2.60. The van der Waals surface area contributed by atoms with Crippen molar-refractivity contribution in [3.8, 4) is 11.1 Å². The summed E-state index contributed by atoms with van der Waals surface area (Å²) in [7, 11) is -11.2. The Morgan fingerprint density at radius 2 is 1.46 bits per heavy atom. The van der Waals surface area contributed by atoms with Gasteiger partial charge in [-0.3, -0.25) is 9.69 Å². The molecule has 84 heavy (non-hydrogen) atoms. The summed E-state index contributed by atoms with van der Waals surface area (Å²) in [6, 6.07) is 31.0. The molecule has 2 amide bonds. The number of sulfone groups is 1. The van der Waals surface area contributed by atoms with Gasteiger partial charge in [0, 0.05) is 91.9 Å². The van der Waals surface area contributed by atoms with Crippen LogP contribution < -0.4 is 14.9 Å². The largest absolute Gasteiger partial charge is 0.501 e. The smallest absolute Gasteiger partial charge is 0.444 e. The number of amides is 2. The van der Waals surface area contributed by atoms with E-state index in [0.717, 1.165) is 45.0 Å². The molecule has 15 nitrogen and oxygen atoms in total. The first-order chi connectivity index (χ1) is 39.3. The Kier molecular flexibility index (Phi) is 21.9. The van der Waals surface area contributed by atoms with Crippen LogP contribution >= 0.6 is 23.4 Å². The second kappa shape index (κ2) is 27.7. The summed E-state index contributed by atoms with van der Waals surface area (Å²) in [4.78, 5) is 33.2. The Labute approximate surface area is 504 Å². The van der Waals surface area contributed by atoms with Crippen LogP contribution in [0.5, 0.6) is 0 Å². The van der Waals surface area contributed by atoms with Crippen molar-refractivity contribution in [2.75, 3.05) is 82.0 Å². The molecule has 0 aromatic heterocycles. The maximum atomic E-state index is 14.4. The lowest BCUT2D eigenvalue weighted by Crippen LogP contribution is -2.49. The molecule has 3 N–H and O–H groups in total. The van der Waals surface area contributed by atoms with E-state index >= 15 is 0 Å². The Morgan fingerprint density at radius 1 is 0.821 bits per heavy atom. The summed E-state index contributed by atoms with van der Waals surface area (Å²) in [5.74, 6) is -0.865. The van der Waals surface area contributed by atoms with Crippen molar-refractivity contribution in [3.05, 3.63) is 137 Å². The van der Waals surface area contributed by atoms with Gasteiger partial charge in [0.25, 0.3) is 25.8 Å². The molecule has 0 radical (unpaired) electrons. The molecule has 0 aliphatic carbocycles. The van der Waals surface area contributed by atoms with Gasteiger partial charge in [0.05, 0.1) is 16.7 Å². The first kappa shape index (κ1) is 66.4. The van der Waals surface area contributed by atoms with E-state index in [1.54, 1.807) is 17.0 Å². The first-order valence-corrected chi connectivity index (χ1v) is 35.5. The number of carbonyl (C=O) groups is 2. The molecule has 7 rings (SSSR count). The van der Waals surface area contributed by atoms with E-state index in [1.807, 2.05) is 98.1 Å². The molecule has 23 heteroatoms. The van der Waals surface area contributed by atoms with Gasteiger partial charge >= 0.3 is 11.6 Å². The minimum Gasteiger partial charge on any atom is -0.444 e. The van der Waals surface area contributed by atoms with Crippen molar-refractivity contribution in [2.24, 2.45) is 5.92 Å². The molecule has 0 unspecified atom stereocenters. The summed E-state index contributed by atoms with van der Waals surface area (Å²) in [5, 5.41) is 15.8. The van der Waals surface area contributed by atoms with Crippen LogP contribution in [-0.4, -0.2) is 146 Å². The number of piperazine rings is 1. The van der Waals surface area contributed by atoms with E-state index in [-0.39, 0.29) is 22.6 Å². The number of nitrogens with one attached hydrogen (secondary N) is 2. The van der Waals surface area contributed by atoms with Crippen LogP contribution in [0.25, 0.3) is 11.1 Å². The zero-order chi connectivity index (χ0) is 61.4. The lowest BCUT2D eigenvalue weighted by atomic mass is 9.83. The number of carbonyl (C=O) groups excluding carboxylic acids is 2. The highest BCUT2D eigenvalue weighted by atomic mass is 35.5. The molecule has 458 valence electrons. The summed E-state index contributed by atoms with van der Waals surface area (Å²) < 4.78 is 111. The Morgan fingerprint density at radius 3 is 2.07 bits per heavy atom. The van der Waals surface area contributed by atoms with Gasteiger partial charge in [-0.15, -0.1) is 11.8 Å². The summed E-state index contributed by atoms with van der Waals surface area (Å²) in [6.45, 7) is 22.0. The number of ether oxygens (including phenoxy) is 1. The van der Waals surface area contributed by atoms with E-state index in [4.69, 9.17) is 20.8 Å². The van der Waals surface area contributed by atoms with Crippen LogP contribution in [0.3, 0.4) is 0 Å². The van der Waals surface area contributed by atoms with Gasteiger partial charge in [-0.25, -0.2) is 26.4 Å². The van der Waals surface area contributed by atoms with E-state index in [2.05, 4.69) is 61.1 Å². The van der Waals surface area contributed by atoms with Crippen molar-refractivity contribution >= 4 is 74.9 Å². The molecule has 5 aromatic carbocycles. The number of sulfonamides is 1. The molecular formula is C61H80ClF3N6O9S3Si. The second-order valence-electron chi connectivity index (χ2n) is 24.2. The van der Waals surface area contributed by atoms with E-state index in [1.165, 1.54) is 23.9 Å². The topological polar surface area (TPSA) is 178 Å². The highest BCUT2D eigenvalue weighted by Crippen LogP contribution is 2.40. The third kappa shape index (κ3) is 17.7. The van der Waals surface area contributed by atoms with Crippen molar-refractivity contribution < 1.29 is 53.9 Å². The number of halogens is 4. The van der Waals surface area contributed by atoms with Crippen LogP contribution in [-0.2, 0) is 35.6 Å². The van der Waals surface area contributed by atoms with E-state index in [0.29, 0.717) is 102 Å². The molecule has 2 saturated heterocycles. The van der Waals surface area contributed by atoms with Crippen molar-refractivity contribution in [2.45, 2.75) is 123 Å². The molecule has 0 saturated carbocycles. The lowest BCUT2D eigenvalue weighted by Gasteiger charge is -2.37. The summed E-state index contributed by atoms with van der Waals surface area (Å²) >= 11 is 7.70. The molecule has 0 bridgehead atoms. The number of hydrogen-bond donors (Lipinski definition) is 3. The van der Waals surface area contributed by atoms with Crippen LogP contribution in [0.4, 0.5) is 29.3 Å². The summed E-state index contributed by atoms with van der Waals surface area (Å²) in [6.07, 6.45) is 0.487. The van der Waals surface area contributed by atoms with Gasteiger partial charge in [-0.05, 0) is 167 Å². The predicted molar refractivity (Wildman–Crippen MR) is 330 cm³/mol. The highest BCUT2D eigenvalue weighted by molar-refractivity contribution is 7.99. The molecule has 2 atom stereocenters. The second-order valence-corrected chi connectivity index (χ2v) is 34.1. The number of aliphatic hydroxyl groups excluding tert-OH is 1.